The lowest BCUT2D eigenvalue weighted by Crippen LogP contribution is -2.25. The van der Waals surface area contributed by atoms with Crippen LogP contribution in [0.25, 0.3) is 0 Å². The number of amides is 1. The van der Waals surface area contributed by atoms with Gasteiger partial charge >= 0.3 is 0 Å². The average Bonchev–Trinajstić information content (AvgIpc) is 3.13. The van der Waals surface area contributed by atoms with Crippen LogP contribution >= 0.6 is 0 Å². The van der Waals surface area contributed by atoms with Gasteiger partial charge in [-0.3, -0.25) is 4.79 Å². The largest absolute Gasteiger partial charge is 0.454 e. The Bertz CT molecular complexity index is 912. The van der Waals surface area contributed by atoms with Crippen LogP contribution < -0.4 is 19.5 Å². The fourth-order valence-corrected chi connectivity index (χ4v) is 3.54. The average molecular weight is 392 g/mol. The molecule has 27 heavy (non-hydrogen) atoms. The number of carbonyl (C=O) groups is 1. The fraction of sp³-hybridized carbons (Fsp3) is 0.278. The van der Waals surface area contributed by atoms with E-state index in [0.29, 0.717) is 42.3 Å². The van der Waals surface area contributed by atoms with Gasteiger partial charge in [0.15, 0.2) is 11.5 Å². The third-order valence-electron chi connectivity index (χ3n) is 3.87. The summed E-state index contributed by atoms with van der Waals surface area (Å²) in [5.74, 6) is 0.782. The summed E-state index contributed by atoms with van der Waals surface area (Å²) < 4.78 is 42.2. The molecule has 0 atom stereocenters. The molecule has 144 valence electrons. The van der Waals surface area contributed by atoms with Gasteiger partial charge in [0.2, 0.25) is 16.8 Å². The van der Waals surface area contributed by atoms with Gasteiger partial charge in [-0.2, -0.15) is 0 Å². The molecule has 1 amide bonds. The monoisotopic (exact) mass is 392 g/mol. The van der Waals surface area contributed by atoms with Crippen LogP contribution in [0.15, 0.2) is 47.4 Å². The highest BCUT2D eigenvalue weighted by Crippen LogP contribution is 2.32. The first-order chi connectivity index (χ1) is 13.0. The zero-order chi connectivity index (χ0) is 19.3. The van der Waals surface area contributed by atoms with E-state index >= 15 is 0 Å². The van der Waals surface area contributed by atoms with Crippen molar-refractivity contribution in [2.75, 3.05) is 32.4 Å². The van der Waals surface area contributed by atoms with Crippen molar-refractivity contribution in [3.8, 4) is 11.5 Å². The minimum Gasteiger partial charge on any atom is -0.454 e. The zero-order valence-electron chi connectivity index (χ0n) is 14.7. The molecule has 1 aliphatic heterocycles. The van der Waals surface area contributed by atoms with Crippen LogP contribution in [0.3, 0.4) is 0 Å². The van der Waals surface area contributed by atoms with Crippen molar-refractivity contribution in [2.24, 2.45) is 0 Å². The maximum atomic E-state index is 12.3. The summed E-state index contributed by atoms with van der Waals surface area (Å²) in [6, 6.07) is 10.8. The first-order valence-corrected chi connectivity index (χ1v) is 9.77. The Balaban J connectivity index is 1.62. The number of hydrogen-bond donors (Lipinski definition) is 2. The Hall–Kier alpha value is -2.62. The van der Waals surface area contributed by atoms with Crippen molar-refractivity contribution in [3.05, 3.63) is 48.0 Å². The highest BCUT2D eigenvalue weighted by atomic mass is 32.2. The Morgan fingerprint density at radius 1 is 1.11 bits per heavy atom. The van der Waals surface area contributed by atoms with Gasteiger partial charge in [-0.05, 0) is 48.9 Å². The van der Waals surface area contributed by atoms with E-state index in [1.54, 1.807) is 25.3 Å². The molecule has 0 saturated heterocycles. The molecule has 3 rings (SSSR count). The molecule has 2 aromatic carbocycles. The number of nitrogens with one attached hydrogen (secondary N) is 2. The van der Waals surface area contributed by atoms with Crippen LogP contribution in [0.1, 0.15) is 16.8 Å². The van der Waals surface area contributed by atoms with Gasteiger partial charge < -0.3 is 19.5 Å². The number of benzene rings is 2. The second-order valence-electron chi connectivity index (χ2n) is 5.79. The van der Waals surface area contributed by atoms with E-state index < -0.39 is 10.0 Å². The van der Waals surface area contributed by atoms with E-state index in [9.17, 15) is 13.2 Å². The number of fused-ring (bicyclic) bond motifs is 1. The summed E-state index contributed by atoms with van der Waals surface area (Å²) >= 11 is 0. The summed E-state index contributed by atoms with van der Waals surface area (Å²) in [4.78, 5) is 12.5. The molecule has 0 unspecified atom stereocenters. The molecule has 0 fully saturated rings. The normalized spacial score (nSPS) is 12.8. The Kier molecular flexibility index (Phi) is 5.94. The summed E-state index contributed by atoms with van der Waals surface area (Å²) in [7, 11) is -2.03. The van der Waals surface area contributed by atoms with Gasteiger partial charge in [0, 0.05) is 31.5 Å². The van der Waals surface area contributed by atoms with Gasteiger partial charge in [0.05, 0.1) is 4.90 Å². The number of carbonyl (C=O) groups excluding carboxylic acids is 1. The molecular formula is C18H20N2O6S. The molecule has 2 aromatic rings. The molecule has 0 aromatic heterocycles. The van der Waals surface area contributed by atoms with Crippen LogP contribution in [0, 0.1) is 0 Å². The van der Waals surface area contributed by atoms with Crippen molar-refractivity contribution < 1.29 is 27.4 Å². The van der Waals surface area contributed by atoms with Crippen molar-refractivity contribution in [1.82, 2.24) is 4.72 Å². The fourth-order valence-electron chi connectivity index (χ4n) is 2.46. The van der Waals surface area contributed by atoms with E-state index in [1.165, 1.54) is 24.3 Å². The lowest BCUT2D eigenvalue weighted by atomic mass is 10.2. The van der Waals surface area contributed by atoms with Gasteiger partial charge in [-0.15, -0.1) is 0 Å². The summed E-state index contributed by atoms with van der Waals surface area (Å²) in [5.41, 5.74) is 0.895. The topological polar surface area (TPSA) is 103 Å². The van der Waals surface area contributed by atoms with Crippen molar-refractivity contribution >= 4 is 21.6 Å². The zero-order valence-corrected chi connectivity index (χ0v) is 15.5. The van der Waals surface area contributed by atoms with Gasteiger partial charge in [-0.25, -0.2) is 13.1 Å². The number of rotatable bonds is 8. The van der Waals surface area contributed by atoms with Crippen molar-refractivity contribution in [3.63, 3.8) is 0 Å². The molecule has 8 nitrogen and oxygen atoms in total. The van der Waals surface area contributed by atoms with Crippen LogP contribution in [-0.4, -0.2) is 41.4 Å². The first kappa shape index (κ1) is 19.2. The second-order valence-corrected chi connectivity index (χ2v) is 7.56. The number of anilines is 1. The Labute approximate surface area is 157 Å². The van der Waals surface area contributed by atoms with Crippen molar-refractivity contribution in [2.45, 2.75) is 11.3 Å². The highest BCUT2D eigenvalue weighted by Gasteiger charge is 2.17. The smallest absolute Gasteiger partial charge is 0.255 e. The van der Waals surface area contributed by atoms with Gasteiger partial charge in [-0.1, -0.05) is 0 Å². The number of hydrogen-bond acceptors (Lipinski definition) is 6. The molecule has 0 aliphatic carbocycles. The molecule has 0 bridgehead atoms. The number of methoxy groups -OCH3 is 1. The van der Waals surface area contributed by atoms with Crippen LogP contribution in [0.2, 0.25) is 0 Å². The van der Waals surface area contributed by atoms with E-state index in [-0.39, 0.29) is 17.6 Å². The predicted octanol–water partition coefficient (Wildman–Crippen LogP) is 1.98. The molecule has 0 radical (unpaired) electrons. The van der Waals surface area contributed by atoms with E-state index in [1.807, 2.05) is 0 Å². The third kappa shape index (κ3) is 4.76. The molecule has 0 saturated carbocycles. The number of ether oxygens (including phenoxy) is 3. The third-order valence-corrected chi connectivity index (χ3v) is 5.35. The minimum absolute atomic E-state index is 0.126. The standard InChI is InChI=1S/C18H20N2O6S/c1-24-10-2-9-19-27(22,23)15-6-4-14(5-7-15)20-18(21)13-3-8-16-17(11-13)26-12-25-16/h3-8,11,19H,2,9-10,12H2,1H3,(H,20,21). The van der Waals surface area contributed by atoms with E-state index in [0.717, 1.165) is 0 Å². The molecule has 1 heterocycles. The van der Waals surface area contributed by atoms with Crippen LogP contribution in [0.5, 0.6) is 11.5 Å². The van der Waals surface area contributed by atoms with Crippen LogP contribution in [0.4, 0.5) is 5.69 Å². The Morgan fingerprint density at radius 2 is 1.85 bits per heavy atom. The predicted molar refractivity (Wildman–Crippen MR) is 98.6 cm³/mol. The molecule has 0 spiro atoms. The lowest BCUT2D eigenvalue weighted by molar-refractivity contribution is 0.102. The van der Waals surface area contributed by atoms with Crippen molar-refractivity contribution in [1.29, 1.82) is 0 Å². The van der Waals surface area contributed by atoms with Gasteiger partial charge in [0.1, 0.15) is 0 Å². The molecule has 9 heteroatoms. The van der Waals surface area contributed by atoms with E-state index in [2.05, 4.69) is 10.0 Å². The first-order valence-electron chi connectivity index (χ1n) is 8.29. The summed E-state index contributed by atoms with van der Waals surface area (Å²) in [6.07, 6.45) is 0.583. The number of sulfonamides is 1. The highest BCUT2D eigenvalue weighted by molar-refractivity contribution is 7.89. The SMILES string of the molecule is COCCCNS(=O)(=O)c1ccc(NC(=O)c2ccc3c(c2)OCO3)cc1. The lowest BCUT2D eigenvalue weighted by Gasteiger charge is -2.09. The summed E-state index contributed by atoms with van der Waals surface area (Å²) in [6.45, 7) is 0.905. The maximum absolute atomic E-state index is 12.3. The molecule has 2 N–H and O–H groups in total. The molecule has 1 aliphatic rings. The van der Waals surface area contributed by atoms with E-state index in [4.69, 9.17) is 14.2 Å². The summed E-state index contributed by atoms with van der Waals surface area (Å²) in [5, 5.41) is 2.72. The quantitative estimate of drug-likeness (QED) is 0.666. The van der Waals surface area contributed by atoms with Gasteiger partial charge in [0.25, 0.3) is 5.91 Å². The second kappa shape index (κ2) is 8.38. The molecular weight excluding hydrogens is 372 g/mol. The Morgan fingerprint density at radius 3 is 2.59 bits per heavy atom. The maximum Gasteiger partial charge on any atom is 0.255 e. The van der Waals surface area contributed by atoms with Crippen LogP contribution in [-0.2, 0) is 14.8 Å². The minimum atomic E-state index is -3.59.